The molecule has 3 heteroatoms. The van der Waals surface area contributed by atoms with Crippen LogP contribution in [0.2, 0.25) is 0 Å². The molecule has 0 saturated heterocycles. The van der Waals surface area contributed by atoms with Crippen molar-refractivity contribution >= 4 is 5.87 Å². The lowest BCUT2D eigenvalue weighted by atomic mass is 10.3. The molecule has 1 unspecified atom stereocenters. The first kappa shape index (κ1) is 9.21. The molecule has 3 nitrogen and oxygen atoms in total. The molecule has 0 aromatic carbocycles. The molecular weight excluding hydrogens is 126 g/mol. The zero-order valence-electron chi connectivity index (χ0n) is 6.81. The number of rotatable bonds is 3. The zero-order valence-corrected chi connectivity index (χ0v) is 6.81. The maximum atomic E-state index is 5.56. The first-order chi connectivity index (χ1) is 4.72. The van der Waals surface area contributed by atoms with Crippen molar-refractivity contribution in [1.29, 1.82) is 0 Å². The summed E-state index contributed by atoms with van der Waals surface area (Å²) in [5.41, 5.74) is 6.22. The van der Waals surface area contributed by atoms with E-state index in [1.54, 1.807) is 0 Å². The van der Waals surface area contributed by atoms with Crippen molar-refractivity contribution in [3.8, 4) is 0 Å². The van der Waals surface area contributed by atoms with E-state index in [4.69, 9.17) is 5.73 Å². The van der Waals surface area contributed by atoms with Gasteiger partial charge in [0.05, 0.1) is 11.7 Å². The second-order valence-corrected chi connectivity index (χ2v) is 2.05. The van der Waals surface area contributed by atoms with Crippen molar-refractivity contribution in [1.82, 2.24) is 5.32 Å². The average Bonchev–Trinajstić information content (AvgIpc) is 1.98. The molecule has 0 spiro atoms. The minimum atomic E-state index is 0.162. The van der Waals surface area contributed by atoms with Crippen LogP contribution in [0.15, 0.2) is 10.7 Å². The molecule has 0 aromatic rings. The predicted molar refractivity (Wildman–Crippen MR) is 44.2 cm³/mol. The summed E-state index contributed by atoms with van der Waals surface area (Å²) in [5.74, 6) is 2.74. The SMILES string of the molecule is CCN=C=C(N)C(C)NC. The van der Waals surface area contributed by atoms with E-state index >= 15 is 0 Å². The number of nitrogens with two attached hydrogens (primary N) is 1. The minimum Gasteiger partial charge on any atom is -0.393 e. The Bertz CT molecular complexity index is 145. The molecule has 0 aromatic heterocycles. The second-order valence-electron chi connectivity index (χ2n) is 2.05. The molecule has 0 saturated carbocycles. The van der Waals surface area contributed by atoms with Crippen LogP contribution >= 0.6 is 0 Å². The molecule has 0 aliphatic carbocycles. The van der Waals surface area contributed by atoms with Gasteiger partial charge >= 0.3 is 0 Å². The van der Waals surface area contributed by atoms with Crippen molar-refractivity contribution in [2.24, 2.45) is 10.7 Å². The summed E-state index contributed by atoms with van der Waals surface area (Å²) in [6.45, 7) is 4.65. The van der Waals surface area contributed by atoms with E-state index in [-0.39, 0.29) is 6.04 Å². The summed E-state index contributed by atoms with van der Waals surface area (Å²) in [4.78, 5) is 3.89. The van der Waals surface area contributed by atoms with E-state index in [1.165, 1.54) is 0 Å². The molecule has 0 fully saturated rings. The third-order valence-corrected chi connectivity index (χ3v) is 1.27. The van der Waals surface area contributed by atoms with Crippen LogP contribution in [-0.4, -0.2) is 25.5 Å². The Morgan fingerprint density at radius 2 is 2.40 bits per heavy atom. The van der Waals surface area contributed by atoms with Crippen LogP contribution in [0.5, 0.6) is 0 Å². The number of likely N-dealkylation sites (N-methyl/N-ethyl adjacent to an activating group) is 1. The van der Waals surface area contributed by atoms with Gasteiger partial charge in [-0.1, -0.05) is 0 Å². The van der Waals surface area contributed by atoms with E-state index in [0.29, 0.717) is 5.70 Å². The second kappa shape index (κ2) is 5.03. The van der Waals surface area contributed by atoms with Gasteiger partial charge in [-0.25, -0.2) is 4.99 Å². The van der Waals surface area contributed by atoms with Gasteiger partial charge in [-0.15, -0.1) is 0 Å². The van der Waals surface area contributed by atoms with Gasteiger partial charge in [0.25, 0.3) is 0 Å². The highest BCUT2D eigenvalue weighted by Crippen LogP contribution is 1.85. The fourth-order valence-electron chi connectivity index (χ4n) is 0.423. The molecule has 10 heavy (non-hydrogen) atoms. The normalized spacial score (nSPS) is 11.9. The summed E-state index contributed by atoms with van der Waals surface area (Å²) in [6.07, 6.45) is 0. The lowest BCUT2D eigenvalue weighted by Crippen LogP contribution is -2.28. The van der Waals surface area contributed by atoms with Gasteiger partial charge in [0, 0.05) is 12.4 Å². The highest BCUT2D eigenvalue weighted by molar-refractivity contribution is 5.58. The van der Waals surface area contributed by atoms with Crippen molar-refractivity contribution in [2.75, 3.05) is 13.6 Å². The van der Waals surface area contributed by atoms with Crippen LogP contribution < -0.4 is 11.1 Å². The number of hydrogen-bond donors (Lipinski definition) is 2. The van der Waals surface area contributed by atoms with Crippen molar-refractivity contribution in [3.05, 3.63) is 5.70 Å². The summed E-state index contributed by atoms with van der Waals surface area (Å²) in [7, 11) is 1.85. The Balaban J connectivity index is 4.04. The molecule has 1 atom stereocenters. The molecule has 0 heterocycles. The standard InChI is InChI=1S/C7H15N3/c1-4-10-5-7(8)6(2)9-3/h6,9H,4,8H2,1-3H3. The molecule has 0 aliphatic rings. The van der Waals surface area contributed by atoms with Crippen LogP contribution in [0.25, 0.3) is 0 Å². The molecule has 58 valence electrons. The van der Waals surface area contributed by atoms with E-state index < -0.39 is 0 Å². The molecule has 3 N–H and O–H groups in total. The maximum absolute atomic E-state index is 5.56. The van der Waals surface area contributed by atoms with Gasteiger partial charge in [0.15, 0.2) is 0 Å². The van der Waals surface area contributed by atoms with Crippen LogP contribution in [0, 0.1) is 0 Å². The summed E-state index contributed by atoms with van der Waals surface area (Å²) in [6, 6.07) is 0.162. The largest absolute Gasteiger partial charge is 0.393 e. The predicted octanol–water partition coefficient (Wildman–Crippen LogP) is 0.127. The number of nitrogens with one attached hydrogen (secondary N) is 1. The van der Waals surface area contributed by atoms with Gasteiger partial charge in [0.1, 0.15) is 0 Å². The molecule has 0 radical (unpaired) electrons. The smallest absolute Gasteiger partial charge is 0.0874 e. The van der Waals surface area contributed by atoms with Crippen LogP contribution in [0.4, 0.5) is 0 Å². The highest BCUT2D eigenvalue weighted by Gasteiger charge is 1.98. The summed E-state index contributed by atoms with van der Waals surface area (Å²) < 4.78 is 0. The Labute approximate surface area is 62.0 Å². The quantitative estimate of drug-likeness (QED) is 0.549. The van der Waals surface area contributed by atoms with E-state index in [0.717, 1.165) is 6.54 Å². The monoisotopic (exact) mass is 141 g/mol. The van der Waals surface area contributed by atoms with E-state index in [1.807, 2.05) is 20.9 Å². The molecule has 0 bridgehead atoms. The molecular formula is C7H15N3. The average molecular weight is 141 g/mol. The van der Waals surface area contributed by atoms with Crippen LogP contribution in [0.1, 0.15) is 13.8 Å². The van der Waals surface area contributed by atoms with Gasteiger partial charge in [0.2, 0.25) is 0 Å². The van der Waals surface area contributed by atoms with Gasteiger partial charge in [-0.2, -0.15) is 0 Å². The van der Waals surface area contributed by atoms with Crippen molar-refractivity contribution in [3.63, 3.8) is 0 Å². The fraction of sp³-hybridized carbons (Fsp3) is 0.714. The van der Waals surface area contributed by atoms with Gasteiger partial charge < -0.3 is 11.1 Å². The minimum absolute atomic E-state index is 0.162. The van der Waals surface area contributed by atoms with Crippen LogP contribution in [0.3, 0.4) is 0 Å². The summed E-state index contributed by atoms with van der Waals surface area (Å²) >= 11 is 0. The highest BCUT2D eigenvalue weighted by atomic mass is 14.9. The molecule has 0 rings (SSSR count). The topological polar surface area (TPSA) is 50.4 Å². The van der Waals surface area contributed by atoms with E-state index in [2.05, 4.69) is 16.2 Å². The third-order valence-electron chi connectivity index (χ3n) is 1.27. The Morgan fingerprint density at radius 1 is 1.80 bits per heavy atom. The van der Waals surface area contributed by atoms with Crippen LogP contribution in [-0.2, 0) is 0 Å². The zero-order chi connectivity index (χ0) is 7.98. The van der Waals surface area contributed by atoms with Crippen molar-refractivity contribution < 1.29 is 0 Å². The molecule has 0 amide bonds. The number of aliphatic imine (C=N–C) groups is 1. The number of nitrogens with zero attached hydrogens (tertiary/aromatic N) is 1. The Hall–Kier alpha value is -0.790. The molecule has 0 aliphatic heterocycles. The fourth-order valence-corrected chi connectivity index (χ4v) is 0.423. The lowest BCUT2D eigenvalue weighted by Gasteiger charge is -2.05. The first-order valence-corrected chi connectivity index (χ1v) is 3.44. The van der Waals surface area contributed by atoms with Crippen molar-refractivity contribution in [2.45, 2.75) is 19.9 Å². The van der Waals surface area contributed by atoms with Gasteiger partial charge in [-0.3, -0.25) is 0 Å². The lowest BCUT2D eigenvalue weighted by molar-refractivity contribution is 0.691. The maximum Gasteiger partial charge on any atom is 0.0874 e. The Kier molecular flexibility index (Phi) is 4.63. The third kappa shape index (κ3) is 3.28. The first-order valence-electron chi connectivity index (χ1n) is 3.44. The Morgan fingerprint density at radius 3 is 2.80 bits per heavy atom. The van der Waals surface area contributed by atoms with E-state index in [9.17, 15) is 0 Å². The number of hydrogen-bond acceptors (Lipinski definition) is 3. The van der Waals surface area contributed by atoms with Gasteiger partial charge in [-0.05, 0) is 20.9 Å². The summed E-state index contributed by atoms with van der Waals surface area (Å²) in [5, 5.41) is 2.99.